The van der Waals surface area contributed by atoms with Gasteiger partial charge in [-0.15, -0.1) is 0 Å². The van der Waals surface area contributed by atoms with Crippen LogP contribution in [0.5, 0.6) is 11.5 Å². The third-order valence-electron chi connectivity index (χ3n) is 7.75. The highest BCUT2D eigenvalue weighted by Crippen LogP contribution is 2.40. The number of benzene rings is 2. The van der Waals surface area contributed by atoms with Gasteiger partial charge in [0.15, 0.2) is 17.4 Å². The van der Waals surface area contributed by atoms with Crippen LogP contribution in [0.25, 0.3) is 11.1 Å². The molecule has 0 amide bonds. The Balaban J connectivity index is 1.31. The van der Waals surface area contributed by atoms with Crippen LogP contribution in [-0.2, 0) is 4.99 Å². The molecule has 36 heavy (non-hydrogen) atoms. The molecule has 0 radical (unpaired) electrons. The lowest BCUT2D eigenvalue weighted by Crippen LogP contribution is -2.36. The van der Waals surface area contributed by atoms with Crippen LogP contribution in [0.4, 0.5) is 17.6 Å². The number of rotatable bonds is 9. The maximum absolute atomic E-state index is 14.7. The van der Waals surface area contributed by atoms with Crippen molar-refractivity contribution >= 4 is 0 Å². The zero-order valence-corrected chi connectivity index (χ0v) is 20.9. The van der Waals surface area contributed by atoms with E-state index in [-0.39, 0.29) is 35.3 Å². The lowest BCUT2D eigenvalue weighted by molar-refractivity contribution is -0.270. The van der Waals surface area contributed by atoms with Gasteiger partial charge in [0.25, 0.3) is 6.43 Å². The van der Waals surface area contributed by atoms with E-state index in [4.69, 9.17) is 14.6 Å². The summed E-state index contributed by atoms with van der Waals surface area (Å²) in [4.78, 5) is 10.2. The third kappa shape index (κ3) is 6.32. The number of ether oxygens (including phenoxy) is 1. The minimum absolute atomic E-state index is 0.0977. The average molecular weight is 510 g/mol. The molecule has 8 heteroatoms. The van der Waals surface area contributed by atoms with Crippen molar-refractivity contribution in [1.29, 1.82) is 0 Å². The van der Waals surface area contributed by atoms with Crippen molar-refractivity contribution in [3.63, 3.8) is 0 Å². The number of halogens is 4. The molecule has 2 aromatic rings. The summed E-state index contributed by atoms with van der Waals surface area (Å²) in [7, 11) is 0. The van der Waals surface area contributed by atoms with E-state index in [1.807, 2.05) is 0 Å². The number of hydrogen-bond donors (Lipinski definition) is 1. The second kappa shape index (κ2) is 12.3. The van der Waals surface area contributed by atoms with E-state index >= 15 is 0 Å². The van der Waals surface area contributed by atoms with Crippen LogP contribution in [0.1, 0.15) is 77.2 Å². The van der Waals surface area contributed by atoms with E-state index in [2.05, 4.69) is 12.4 Å². The molecule has 198 valence electrons. The maximum atomic E-state index is 14.7. The van der Waals surface area contributed by atoms with E-state index in [0.29, 0.717) is 0 Å². The van der Waals surface area contributed by atoms with Gasteiger partial charge in [-0.05, 0) is 98.6 Å². The summed E-state index contributed by atoms with van der Waals surface area (Å²) in [5, 5.41) is 0. The Hall–Kier alpha value is -2.32. The lowest BCUT2D eigenvalue weighted by Gasteiger charge is -2.37. The van der Waals surface area contributed by atoms with Crippen molar-refractivity contribution in [3.8, 4) is 22.6 Å². The summed E-state index contributed by atoms with van der Waals surface area (Å²) in [6.07, 6.45) is 6.48. The molecule has 2 fully saturated rings. The number of hydroxylamine groups is 1. The highest BCUT2D eigenvalue weighted by Gasteiger charge is 2.30. The molecule has 0 heterocycles. The predicted molar refractivity (Wildman–Crippen MR) is 130 cm³/mol. The Morgan fingerprint density at radius 3 is 2.14 bits per heavy atom. The van der Waals surface area contributed by atoms with Crippen molar-refractivity contribution in [2.24, 2.45) is 17.8 Å². The van der Waals surface area contributed by atoms with Gasteiger partial charge in [-0.1, -0.05) is 30.8 Å². The molecule has 0 unspecified atom stereocenters. The van der Waals surface area contributed by atoms with E-state index in [1.165, 1.54) is 49.9 Å². The van der Waals surface area contributed by atoms with Crippen molar-refractivity contribution in [3.05, 3.63) is 47.5 Å². The molecule has 2 aromatic carbocycles. The van der Waals surface area contributed by atoms with Gasteiger partial charge < -0.3 is 9.62 Å². The first-order valence-corrected chi connectivity index (χ1v) is 13.0. The van der Waals surface area contributed by atoms with E-state index in [9.17, 15) is 17.6 Å². The molecule has 4 nitrogen and oxygen atoms in total. The fraction of sp³-hybridized carbons (Fsp3) is 0.571. The van der Waals surface area contributed by atoms with Crippen LogP contribution in [0, 0.1) is 29.4 Å². The van der Waals surface area contributed by atoms with Gasteiger partial charge in [-0.25, -0.2) is 17.6 Å². The third-order valence-corrected chi connectivity index (χ3v) is 7.75. The minimum Gasteiger partial charge on any atom is -0.491 e. The molecule has 0 bridgehead atoms. The number of alkyl halides is 2. The van der Waals surface area contributed by atoms with Crippen LogP contribution >= 0.6 is 0 Å². The Morgan fingerprint density at radius 1 is 0.889 bits per heavy atom. The second-order valence-corrected chi connectivity index (χ2v) is 10.1. The molecular weight excluding hydrogens is 474 g/mol. The van der Waals surface area contributed by atoms with Crippen molar-refractivity contribution in [1.82, 2.24) is 5.48 Å². The van der Waals surface area contributed by atoms with E-state index in [1.54, 1.807) is 6.92 Å². The van der Waals surface area contributed by atoms with Gasteiger partial charge in [0.2, 0.25) is 5.75 Å². The van der Waals surface area contributed by atoms with Gasteiger partial charge in [-0.2, -0.15) is 5.48 Å². The normalized spacial score (nSPS) is 24.6. The summed E-state index contributed by atoms with van der Waals surface area (Å²) in [6, 6.07) is 6.38. The largest absolute Gasteiger partial charge is 0.491 e. The van der Waals surface area contributed by atoms with Crippen LogP contribution in [0.2, 0.25) is 0 Å². The molecule has 0 saturated heterocycles. The fourth-order valence-electron chi connectivity index (χ4n) is 5.64. The number of hydrogen-bond acceptors (Lipinski definition) is 4. The van der Waals surface area contributed by atoms with Gasteiger partial charge >= 0.3 is 0 Å². The van der Waals surface area contributed by atoms with Gasteiger partial charge in [0.05, 0.1) is 12.2 Å². The highest BCUT2D eigenvalue weighted by molar-refractivity contribution is 5.70. The van der Waals surface area contributed by atoms with Crippen LogP contribution in [-0.4, -0.2) is 12.6 Å². The Morgan fingerprint density at radius 2 is 1.53 bits per heavy atom. The molecule has 1 N–H and O–H groups in total. The quantitative estimate of drug-likeness (QED) is 0.210. The Bertz CT molecular complexity index is 1000. The molecule has 0 aliphatic heterocycles. The maximum Gasteiger partial charge on any atom is 0.267 e. The zero-order valence-electron chi connectivity index (χ0n) is 20.9. The van der Waals surface area contributed by atoms with Gasteiger partial charge in [-0.3, -0.25) is 0 Å². The first kappa shape index (κ1) is 26.7. The molecule has 2 aliphatic carbocycles. The second-order valence-electron chi connectivity index (χ2n) is 10.1. The Kier molecular flexibility index (Phi) is 9.12. The summed E-state index contributed by atoms with van der Waals surface area (Å²) in [5.41, 5.74) is 2.03. The van der Waals surface area contributed by atoms with Crippen molar-refractivity contribution in [2.75, 3.05) is 6.61 Å². The number of nitrogens with one attached hydrogen (secondary N) is 1. The first-order chi connectivity index (χ1) is 17.4. The Labute approximate surface area is 210 Å². The predicted octanol–water partition coefficient (Wildman–Crippen LogP) is 8.17. The molecule has 0 spiro atoms. The lowest BCUT2D eigenvalue weighted by atomic mass is 9.70. The van der Waals surface area contributed by atoms with Crippen LogP contribution in [0.3, 0.4) is 0 Å². The monoisotopic (exact) mass is 509 g/mol. The summed E-state index contributed by atoms with van der Waals surface area (Å²) in [6.45, 7) is 4.10. The SMILES string of the molecule is CCOc1ccc(-c2ccc(OONC3CCC(C4CCC(C)CC4)CC3)c(F)c2)c(C(F)F)c1F. The van der Waals surface area contributed by atoms with E-state index < -0.39 is 23.6 Å². The fourth-order valence-corrected chi connectivity index (χ4v) is 5.64. The molecule has 0 aromatic heterocycles. The zero-order chi connectivity index (χ0) is 25.7. The van der Waals surface area contributed by atoms with E-state index in [0.717, 1.165) is 49.5 Å². The van der Waals surface area contributed by atoms with Gasteiger partial charge in [0, 0.05) is 6.04 Å². The summed E-state index contributed by atoms with van der Waals surface area (Å²) >= 11 is 0. The summed E-state index contributed by atoms with van der Waals surface area (Å²) in [5.74, 6) is 0.0469. The molecule has 2 saturated carbocycles. The van der Waals surface area contributed by atoms with Crippen molar-refractivity contribution < 1.29 is 32.2 Å². The first-order valence-electron chi connectivity index (χ1n) is 13.0. The minimum atomic E-state index is -3.09. The van der Waals surface area contributed by atoms with Crippen LogP contribution in [0.15, 0.2) is 30.3 Å². The van der Waals surface area contributed by atoms with Crippen LogP contribution < -0.4 is 15.1 Å². The summed E-state index contributed by atoms with van der Waals surface area (Å²) < 4.78 is 61.6. The average Bonchev–Trinajstić information content (AvgIpc) is 2.87. The van der Waals surface area contributed by atoms with Gasteiger partial charge in [0.1, 0.15) is 0 Å². The molecular formula is C28H35F4NO3. The molecule has 0 atom stereocenters. The molecule has 2 aliphatic rings. The van der Waals surface area contributed by atoms with Crippen molar-refractivity contribution in [2.45, 2.75) is 77.7 Å². The smallest absolute Gasteiger partial charge is 0.267 e. The topological polar surface area (TPSA) is 39.7 Å². The highest BCUT2D eigenvalue weighted by atomic mass is 19.3. The standard InChI is InChI=1S/C28H35F4NO3/c1-3-34-25-15-13-22(26(27(25)30)28(31)32)20-10-14-24(23(29)16-20)35-36-33-21-11-8-19(9-12-21)18-6-4-17(2)5-7-18/h10,13-19,21,28,33H,3-9,11-12H2,1-2H3. The molecule has 4 rings (SSSR count).